The molecule has 0 saturated heterocycles. The number of rotatable bonds is 6. The smallest absolute Gasteiger partial charge is 0.237 e. The maximum atomic E-state index is 11.5. The van der Waals surface area contributed by atoms with E-state index in [4.69, 9.17) is 10.5 Å². The van der Waals surface area contributed by atoms with Gasteiger partial charge in [0.15, 0.2) is 0 Å². The molecular weight excluding hydrogens is 216 g/mol. The zero-order chi connectivity index (χ0) is 10.6. The van der Waals surface area contributed by atoms with Crippen LogP contribution in [0.25, 0.3) is 0 Å². The molecule has 1 unspecified atom stereocenters. The molecule has 0 radical (unpaired) electrons. The highest BCUT2D eigenvalue weighted by molar-refractivity contribution is 5.85. The van der Waals surface area contributed by atoms with Crippen molar-refractivity contribution in [3.63, 3.8) is 0 Å². The molecule has 90 valence electrons. The highest BCUT2D eigenvalue weighted by Gasteiger charge is 2.32. The SMILES string of the molecule is CC[C@H](N)C(=O)NC(COC)C1CC1.Cl. The van der Waals surface area contributed by atoms with Gasteiger partial charge in [-0.25, -0.2) is 0 Å². The topological polar surface area (TPSA) is 64.4 Å². The molecular formula is C10H21ClN2O2. The standard InChI is InChI=1S/C10H20N2O2.ClH/c1-3-8(11)10(13)12-9(6-14-2)7-4-5-7;/h7-9H,3-6,11H2,1-2H3,(H,12,13);1H/t8-,9?;/m0./s1. The Hall–Kier alpha value is -0.320. The summed E-state index contributed by atoms with van der Waals surface area (Å²) in [5, 5.41) is 2.94. The fourth-order valence-electron chi connectivity index (χ4n) is 1.45. The van der Waals surface area contributed by atoms with Crippen molar-refractivity contribution in [3.8, 4) is 0 Å². The van der Waals surface area contributed by atoms with Gasteiger partial charge in [0.05, 0.1) is 18.7 Å². The minimum atomic E-state index is -0.381. The molecule has 1 fully saturated rings. The summed E-state index contributed by atoms with van der Waals surface area (Å²) in [5.41, 5.74) is 5.63. The van der Waals surface area contributed by atoms with Crippen LogP contribution in [0.4, 0.5) is 0 Å². The minimum Gasteiger partial charge on any atom is -0.383 e. The maximum Gasteiger partial charge on any atom is 0.237 e. The van der Waals surface area contributed by atoms with E-state index in [1.54, 1.807) is 7.11 Å². The maximum absolute atomic E-state index is 11.5. The quantitative estimate of drug-likeness (QED) is 0.713. The van der Waals surface area contributed by atoms with Crippen LogP contribution in [0.1, 0.15) is 26.2 Å². The van der Waals surface area contributed by atoms with Gasteiger partial charge in [-0.2, -0.15) is 0 Å². The Morgan fingerprint density at radius 2 is 2.20 bits per heavy atom. The van der Waals surface area contributed by atoms with Crippen LogP contribution in [0.3, 0.4) is 0 Å². The molecule has 1 rings (SSSR count). The summed E-state index contributed by atoms with van der Waals surface area (Å²) in [6.45, 7) is 2.50. The molecule has 0 aromatic heterocycles. The fourth-order valence-corrected chi connectivity index (χ4v) is 1.45. The Morgan fingerprint density at radius 1 is 1.60 bits per heavy atom. The zero-order valence-corrected chi connectivity index (χ0v) is 10.2. The van der Waals surface area contributed by atoms with Crippen LogP contribution in [-0.4, -0.2) is 31.7 Å². The summed E-state index contributed by atoms with van der Waals surface area (Å²) in [6.07, 6.45) is 3.06. The number of hydrogen-bond acceptors (Lipinski definition) is 3. The molecule has 1 aliphatic carbocycles. The molecule has 1 aliphatic rings. The van der Waals surface area contributed by atoms with Crippen molar-refractivity contribution in [2.75, 3.05) is 13.7 Å². The number of halogens is 1. The van der Waals surface area contributed by atoms with E-state index < -0.39 is 0 Å². The molecule has 0 spiro atoms. The second-order valence-electron chi connectivity index (χ2n) is 3.92. The number of carbonyl (C=O) groups is 1. The number of methoxy groups -OCH3 is 1. The van der Waals surface area contributed by atoms with E-state index in [0.29, 0.717) is 18.9 Å². The number of hydrogen-bond donors (Lipinski definition) is 2. The van der Waals surface area contributed by atoms with Gasteiger partial charge in [0.2, 0.25) is 5.91 Å². The number of amides is 1. The predicted octanol–water partition coefficient (Wildman–Crippen LogP) is 0.687. The first-order valence-electron chi connectivity index (χ1n) is 5.24. The number of ether oxygens (including phenoxy) is 1. The summed E-state index contributed by atoms with van der Waals surface area (Å²) in [6, 6.07) is -0.224. The van der Waals surface area contributed by atoms with E-state index in [-0.39, 0.29) is 30.4 Å². The van der Waals surface area contributed by atoms with Gasteiger partial charge in [0.1, 0.15) is 0 Å². The van der Waals surface area contributed by atoms with Crippen LogP contribution < -0.4 is 11.1 Å². The molecule has 1 saturated carbocycles. The third-order valence-electron chi connectivity index (χ3n) is 2.64. The average molecular weight is 237 g/mol. The predicted molar refractivity (Wildman–Crippen MR) is 62.0 cm³/mol. The summed E-state index contributed by atoms with van der Waals surface area (Å²) in [7, 11) is 1.65. The van der Waals surface area contributed by atoms with Gasteiger partial charge < -0.3 is 15.8 Å². The van der Waals surface area contributed by atoms with Gasteiger partial charge in [-0.05, 0) is 25.2 Å². The lowest BCUT2D eigenvalue weighted by Gasteiger charge is -2.19. The van der Waals surface area contributed by atoms with E-state index in [9.17, 15) is 4.79 Å². The lowest BCUT2D eigenvalue weighted by atomic mass is 10.1. The van der Waals surface area contributed by atoms with E-state index in [2.05, 4.69) is 5.32 Å². The van der Waals surface area contributed by atoms with E-state index in [1.807, 2.05) is 6.92 Å². The van der Waals surface area contributed by atoms with Gasteiger partial charge in [-0.3, -0.25) is 4.79 Å². The molecule has 0 bridgehead atoms. The van der Waals surface area contributed by atoms with Crippen LogP contribution in [0, 0.1) is 5.92 Å². The zero-order valence-electron chi connectivity index (χ0n) is 9.36. The fraction of sp³-hybridized carbons (Fsp3) is 0.900. The molecule has 2 atom stereocenters. The van der Waals surface area contributed by atoms with Crippen molar-refractivity contribution >= 4 is 18.3 Å². The van der Waals surface area contributed by atoms with E-state index in [0.717, 1.165) is 0 Å². The van der Waals surface area contributed by atoms with Crippen molar-refractivity contribution in [2.24, 2.45) is 11.7 Å². The minimum absolute atomic E-state index is 0. The average Bonchev–Trinajstić information content (AvgIpc) is 2.99. The van der Waals surface area contributed by atoms with E-state index >= 15 is 0 Å². The second-order valence-corrected chi connectivity index (χ2v) is 3.92. The Morgan fingerprint density at radius 3 is 2.60 bits per heavy atom. The van der Waals surface area contributed by atoms with Gasteiger partial charge in [0.25, 0.3) is 0 Å². The Labute approximate surface area is 97.3 Å². The number of carbonyl (C=O) groups excluding carboxylic acids is 1. The molecule has 1 amide bonds. The van der Waals surface area contributed by atoms with Gasteiger partial charge in [-0.15, -0.1) is 12.4 Å². The highest BCUT2D eigenvalue weighted by atomic mass is 35.5. The summed E-state index contributed by atoms with van der Waals surface area (Å²) in [5.74, 6) is 0.546. The second kappa shape index (κ2) is 7.04. The molecule has 0 aromatic carbocycles. The van der Waals surface area contributed by atoms with Crippen LogP contribution in [0.15, 0.2) is 0 Å². The largest absolute Gasteiger partial charge is 0.383 e. The molecule has 0 aromatic rings. The first-order valence-corrected chi connectivity index (χ1v) is 5.24. The monoisotopic (exact) mass is 236 g/mol. The molecule has 3 N–H and O–H groups in total. The number of nitrogens with one attached hydrogen (secondary N) is 1. The van der Waals surface area contributed by atoms with Crippen LogP contribution in [-0.2, 0) is 9.53 Å². The third-order valence-corrected chi connectivity index (χ3v) is 2.64. The van der Waals surface area contributed by atoms with Crippen molar-refractivity contribution in [3.05, 3.63) is 0 Å². The van der Waals surface area contributed by atoms with Crippen LogP contribution >= 0.6 is 12.4 Å². The van der Waals surface area contributed by atoms with Crippen molar-refractivity contribution in [2.45, 2.75) is 38.3 Å². The normalized spacial score (nSPS) is 18.9. The first-order chi connectivity index (χ1) is 6.69. The molecule has 5 heteroatoms. The van der Waals surface area contributed by atoms with Crippen molar-refractivity contribution in [1.29, 1.82) is 0 Å². The number of nitrogens with two attached hydrogens (primary N) is 1. The van der Waals surface area contributed by atoms with Gasteiger partial charge in [0, 0.05) is 7.11 Å². The lowest BCUT2D eigenvalue weighted by Crippen LogP contribution is -2.47. The van der Waals surface area contributed by atoms with Crippen molar-refractivity contribution < 1.29 is 9.53 Å². The highest BCUT2D eigenvalue weighted by Crippen LogP contribution is 2.32. The third kappa shape index (κ3) is 4.82. The Bertz CT molecular complexity index is 198. The Kier molecular flexibility index (Phi) is 6.89. The summed E-state index contributed by atoms with van der Waals surface area (Å²) < 4.78 is 5.06. The lowest BCUT2D eigenvalue weighted by molar-refractivity contribution is -0.123. The van der Waals surface area contributed by atoms with E-state index in [1.165, 1.54) is 12.8 Å². The molecule has 0 heterocycles. The molecule has 0 aliphatic heterocycles. The molecule has 15 heavy (non-hydrogen) atoms. The van der Waals surface area contributed by atoms with Crippen LogP contribution in [0.5, 0.6) is 0 Å². The Balaban J connectivity index is 0.00000196. The van der Waals surface area contributed by atoms with Crippen LogP contribution in [0.2, 0.25) is 0 Å². The van der Waals surface area contributed by atoms with Crippen molar-refractivity contribution in [1.82, 2.24) is 5.32 Å². The van der Waals surface area contributed by atoms with Gasteiger partial charge >= 0.3 is 0 Å². The molecule has 4 nitrogen and oxygen atoms in total. The van der Waals surface area contributed by atoms with Gasteiger partial charge in [-0.1, -0.05) is 6.92 Å². The summed E-state index contributed by atoms with van der Waals surface area (Å²) >= 11 is 0. The summed E-state index contributed by atoms with van der Waals surface area (Å²) in [4.78, 5) is 11.5. The first kappa shape index (κ1) is 14.7.